The molecule has 1 aromatic heterocycles. The maximum Gasteiger partial charge on any atom is 0.261 e. The molecular formula is C24H21FN4O3S. The molecule has 0 spiro atoms. The van der Waals surface area contributed by atoms with Crippen LogP contribution in [0.4, 0.5) is 15.8 Å². The molecule has 3 aromatic carbocycles. The second kappa shape index (κ2) is 8.87. The van der Waals surface area contributed by atoms with Gasteiger partial charge >= 0.3 is 0 Å². The van der Waals surface area contributed by atoms with Crippen LogP contribution in [0.2, 0.25) is 0 Å². The molecule has 0 radical (unpaired) electrons. The van der Waals surface area contributed by atoms with Crippen LogP contribution in [0.3, 0.4) is 0 Å². The van der Waals surface area contributed by atoms with Crippen molar-refractivity contribution < 1.29 is 17.6 Å². The lowest BCUT2D eigenvalue weighted by atomic mass is 10.1. The third-order valence-electron chi connectivity index (χ3n) is 5.14. The Bertz CT molecular complexity index is 1430. The summed E-state index contributed by atoms with van der Waals surface area (Å²) in [5.41, 5.74) is 2.51. The van der Waals surface area contributed by atoms with E-state index >= 15 is 0 Å². The summed E-state index contributed by atoms with van der Waals surface area (Å²) in [6.07, 6.45) is 4.61. The average molecular weight is 465 g/mol. The van der Waals surface area contributed by atoms with Crippen molar-refractivity contribution in [2.75, 3.05) is 10.0 Å². The van der Waals surface area contributed by atoms with Gasteiger partial charge in [0.05, 0.1) is 22.6 Å². The van der Waals surface area contributed by atoms with Crippen LogP contribution in [0.15, 0.2) is 84.3 Å². The molecule has 0 atom stereocenters. The predicted molar refractivity (Wildman–Crippen MR) is 125 cm³/mol. The zero-order valence-corrected chi connectivity index (χ0v) is 18.7. The zero-order valence-electron chi connectivity index (χ0n) is 17.9. The third-order valence-corrected chi connectivity index (χ3v) is 6.50. The Kier molecular flexibility index (Phi) is 5.97. The first-order valence-corrected chi connectivity index (χ1v) is 11.5. The lowest BCUT2D eigenvalue weighted by molar-refractivity contribution is 0.102. The summed E-state index contributed by atoms with van der Waals surface area (Å²) >= 11 is 0. The number of anilines is 2. The van der Waals surface area contributed by atoms with Crippen LogP contribution in [0.1, 0.15) is 21.5 Å². The van der Waals surface area contributed by atoms with E-state index in [0.717, 1.165) is 5.56 Å². The largest absolute Gasteiger partial charge is 0.322 e. The van der Waals surface area contributed by atoms with E-state index in [-0.39, 0.29) is 21.8 Å². The number of benzene rings is 3. The van der Waals surface area contributed by atoms with Crippen molar-refractivity contribution in [3.63, 3.8) is 0 Å². The number of sulfonamides is 1. The second-order valence-corrected chi connectivity index (χ2v) is 9.17. The summed E-state index contributed by atoms with van der Waals surface area (Å²) in [4.78, 5) is 16.7. The van der Waals surface area contributed by atoms with Gasteiger partial charge in [-0.1, -0.05) is 24.3 Å². The fraction of sp³-hybridized carbons (Fsp3) is 0.0833. The first-order chi connectivity index (χ1) is 15.7. The quantitative estimate of drug-likeness (QED) is 0.433. The van der Waals surface area contributed by atoms with Gasteiger partial charge in [0.2, 0.25) is 0 Å². The Morgan fingerprint density at radius 3 is 2.48 bits per heavy atom. The number of carbonyl (C=O) groups excluding carboxylic acids is 1. The molecule has 2 N–H and O–H groups in total. The maximum atomic E-state index is 14.5. The molecule has 0 unspecified atom stereocenters. The smallest absolute Gasteiger partial charge is 0.261 e. The first-order valence-electron chi connectivity index (χ1n) is 10.0. The maximum absolute atomic E-state index is 14.5. The highest BCUT2D eigenvalue weighted by Gasteiger charge is 2.19. The Balaban J connectivity index is 1.58. The van der Waals surface area contributed by atoms with E-state index in [1.54, 1.807) is 50.4 Å². The van der Waals surface area contributed by atoms with E-state index < -0.39 is 21.7 Å². The number of hydrogen-bond acceptors (Lipinski definition) is 4. The highest BCUT2D eigenvalue weighted by atomic mass is 32.2. The Labute approximate surface area is 191 Å². The van der Waals surface area contributed by atoms with Gasteiger partial charge in [-0.3, -0.25) is 9.52 Å². The fourth-order valence-electron chi connectivity index (χ4n) is 3.30. The first kappa shape index (κ1) is 22.2. The van der Waals surface area contributed by atoms with Gasteiger partial charge in [-0.05, 0) is 61.4 Å². The number of amides is 1. The number of halogens is 1. The van der Waals surface area contributed by atoms with E-state index in [4.69, 9.17) is 0 Å². The lowest BCUT2D eigenvalue weighted by Crippen LogP contribution is -2.17. The second-order valence-electron chi connectivity index (χ2n) is 7.49. The third kappa shape index (κ3) is 4.78. The number of nitrogens with zero attached hydrogens (tertiary/aromatic N) is 2. The molecule has 9 heteroatoms. The summed E-state index contributed by atoms with van der Waals surface area (Å²) in [6.45, 7) is 3.49. The number of hydrogen-bond donors (Lipinski definition) is 2. The molecule has 0 bridgehead atoms. The van der Waals surface area contributed by atoms with Crippen molar-refractivity contribution in [1.29, 1.82) is 0 Å². The summed E-state index contributed by atoms with van der Waals surface area (Å²) in [5, 5.41) is 2.63. The number of rotatable bonds is 6. The Morgan fingerprint density at radius 2 is 1.79 bits per heavy atom. The van der Waals surface area contributed by atoms with Crippen molar-refractivity contribution in [3.8, 4) is 5.69 Å². The lowest BCUT2D eigenvalue weighted by Gasteiger charge is -2.13. The molecule has 168 valence electrons. The number of carbonyl (C=O) groups is 1. The van der Waals surface area contributed by atoms with E-state index in [9.17, 15) is 17.6 Å². The molecule has 7 nitrogen and oxygen atoms in total. The van der Waals surface area contributed by atoms with Crippen LogP contribution in [0.25, 0.3) is 5.69 Å². The summed E-state index contributed by atoms with van der Waals surface area (Å²) in [7, 11) is -3.92. The van der Waals surface area contributed by atoms with Crippen molar-refractivity contribution in [2.45, 2.75) is 18.7 Å². The van der Waals surface area contributed by atoms with Gasteiger partial charge in [0.15, 0.2) is 0 Å². The molecule has 1 amide bonds. The Hall–Kier alpha value is -3.98. The van der Waals surface area contributed by atoms with Crippen LogP contribution in [0, 0.1) is 19.7 Å². The van der Waals surface area contributed by atoms with Crippen LogP contribution in [-0.4, -0.2) is 23.9 Å². The number of aryl methyl sites for hydroxylation is 2. The van der Waals surface area contributed by atoms with Gasteiger partial charge in [-0.15, -0.1) is 0 Å². The molecule has 4 rings (SSSR count). The van der Waals surface area contributed by atoms with Crippen molar-refractivity contribution in [3.05, 3.63) is 102 Å². The standard InChI is InChI=1S/C24H21FN4O3S/c1-16-7-9-19(33(31,32)28-22-6-4-3-5-17(22)2)14-20(16)24(30)27-18-8-10-23(21(25)13-18)29-12-11-26-15-29/h3-15,28H,1-2H3,(H,27,30). The van der Waals surface area contributed by atoms with Crippen molar-refractivity contribution >= 4 is 27.3 Å². The van der Waals surface area contributed by atoms with E-state index in [2.05, 4.69) is 15.0 Å². The zero-order chi connectivity index (χ0) is 23.6. The molecule has 1 heterocycles. The highest BCUT2D eigenvalue weighted by Crippen LogP contribution is 2.23. The van der Waals surface area contributed by atoms with E-state index in [0.29, 0.717) is 11.3 Å². The van der Waals surface area contributed by atoms with Gasteiger partial charge in [-0.25, -0.2) is 17.8 Å². The number of imidazole rings is 1. The van der Waals surface area contributed by atoms with Gasteiger partial charge in [0.25, 0.3) is 15.9 Å². The average Bonchev–Trinajstić information content (AvgIpc) is 3.30. The van der Waals surface area contributed by atoms with Gasteiger partial charge in [-0.2, -0.15) is 0 Å². The number of aromatic nitrogens is 2. The molecule has 0 aliphatic heterocycles. The molecule has 0 fully saturated rings. The molecule has 4 aromatic rings. The van der Waals surface area contributed by atoms with Crippen molar-refractivity contribution in [1.82, 2.24) is 9.55 Å². The molecule has 0 saturated carbocycles. The fourth-order valence-corrected chi connectivity index (χ4v) is 4.45. The Morgan fingerprint density at radius 1 is 1.00 bits per heavy atom. The number of para-hydroxylation sites is 1. The molecular weight excluding hydrogens is 443 g/mol. The molecule has 0 aliphatic rings. The topological polar surface area (TPSA) is 93.1 Å². The van der Waals surface area contributed by atoms with Gasteiger partial charge < -0.3 is 9.88 Å². The monoisotopic (exact) mass is 464 g/mol. The predicted octanol–water partition coefficient (Wildman–Crippen LogP) is 4.68. The van der Waals surface area contributed by atoms with Gasteiger partial charge in [0, 0.05) is 23.6 Å². The minimum Gasteiger partial charge on any atom is -0.322 e. The van der Waals surface area contributed by atoms with Crippen molar-refractivity contribution in [2.24, 2.45) is 0 Å². The van der Waals surface area contributed by atoms with Crippen LogP contribution >= 0.6 is 0 Å². The van der Waals surface area contributed by atoms with Crippen LogP contribution in [0.5, 0.6) is 0 Å². The summed E-state index contributed by atoms with van der Waals surface area (Å²) < 4.78 is 44.4. The minimum absolute atomic E-state index is 0.0526. The minimum atomic E-state index is -3.92. The molecule has 0 saturated heterocycles. The van der Waals surface area contributed by atoms with E-state index in [1.807, 2.05) is 6.07 Å². The van der Waals surface area contributed by atoms with Crippen LogP contribution in [-0.2, 0) is 10.0 Å². The molecule has 33 heavy (non-hydrogen) atoms. The highest BCUT2D eigenvalue weighted by molar-refractivity contribution is 7.92. The SMILES string of the molecule is Cc1ccccc1NS(=O)(=O)c1ccc(C)c(C(=O)Nc2ccc(-n3ccnc3)c(F)c2)c1. The summed E-state index contributed by atoms with van der Waals surface area (Å²) in [5.74, 6) is -1.09. The van der Waals surface area contributed by atoms with Crippen LogP contribution < -0.4 is 10.0 Å². The van der Waals surface area contributed by atoms with E-state index in [1.165, 1.54) is 41.4 Å². The van der Waals surface area contributed by atoms with Gasteiger partial charge in [0.1, 0.15) is 5.82 Å². The normalized spacial score (nSPS) is 11.2. The summed E-state index contributed by atoms with van der Waals surface area (Å²) in [6, 6.07) is 15.6. The molecule has 0 aliphatic carbocycles. The number of nitrogens with one attached hydrogen (secondary N) is 2.